The van der Waals surface area contributed by atoms with Crippen molar-refractivity contribution in [3.05, 3.63) is 23.8 Å². The minimum Gasteiger partial charge on any atom is -0.496 e. The van der Waals surface area contributed by atoms with Crippen molar-refractivity contribution in [2.45, 2.75) is 20.8 Å². The Kier molecular flexibility index (Phi) is 5.66. The molecule has 1 aromatic carbocycles. The number of hydrogen-bond donors (Lipinski definition) is 0. The van der Waals surface area contributed by atoms with Crippen LogP contribution in [0.15, 0.2) is 18.2 Å². The topological polar surface area (TPSA) is 54.0 Å². The zero-order valence-electron chi connectivity index (χ0n) is 11.1. The third kappa shape index (κ3) is 3.73. The van der Waals surface area contributed by atoms with Gasteiger partial charge in [-0.15, -0.1) is 0 Å². The van der Waals surface area contributed by atoms with E-state index in [2.05, 4.69) is 0 Å². The summed E-state index contributed by atoms with van der Waals surface area (Å²) in [6, 6.07) is 5.25. The standard InChI is InChI=1S/C12H19O5P/c1-5-15-18(13,16-6-2)17-12-9-7-8-11(14-4)10(12)3/h7-9H,5-6H2,1-4H3. The number of phosphoric acid groups is 1. The second-order valence-electron chi connectivity index (χ2n) is 3.46. The predicted octanol–water partition coefficient (Wildman–Crippen LogP) is 3.56. The van der Waals surface area contributed by atoms with Gasteiger partial charge in [0.15, 0.2) is 0 Å². The van der Waals surface area contributed by atoms with Crippen molar-refractivity contribution in [2.75, 3.05) is 20.3 Å². The van der Waals surface area contributed by atoms with Gasteiger partial charge in [0.2, 0.25) is 0 Å². The lowest BCUT2D eigenvalue weighted by atomic mass is 10.2. The van der Waals surface area contributed by atoms with Crippen molar-refractivity contribution in [1.82, 2.24) is 0 Å². The molecule has 0 bridgehead atoms. The van der Waals surface area contributed by atoms with E-state index in [-0.39, 0.29) is 13.2 Å². The van der Waals surface area contributed by atoms with Gasteiger partial charge < -0.3 is 9.26 Å². The smallest absolute Gasteiger partial charge is 0.496 e. The third-order valence-electron chi connectivity index (χ3n) is 2.24. The number of phosphoric ester groups is 1. The van der Waals surface area contributed by atoms with E-state index < -0.39 is 7.82 Å². The van der Waals surface area contributed by atoms with Crippen LogP contribution in [0, 0.1) is 6.92 Å². The normalized spacial score (nSPS) is 11.3. The lowest BCUT2D eigenvalue weighted by Crippen LogP contribution is -2.03. The van der Waals surface area contributed by atoms with Crippen LogP contribution in [0.25, 0.3) is 0 Å². The Balaban J connectivity index is 2.97. The van der Waals surface area contributed by atoms with Gasteiger partial charge in [-0.3, -0.25) is 9.05 Å². The van der Waals surface area contributed by atoms with Crippen LogP contribution in [0.4, 0.5) is 0 Å². The molecule has 0 saturated carbocycles. The lowest BCUT2D eigenvalue weighted by molar-refractivity contribution is 0.167. The first-order valence-electron chi connectivity index (χ1n) is 5.78. The molecular formula is C12H19O5P. The Morgan fingerprint density at radius 1 is 1.11 bits per heavy atom. The average Bonchev–Trinajstić information content (AvgIpc) is 2.32. The van der Waals surface area contributed by atoms with Gasteiger partial charge in [0.05, 0.1) is 20.3 Å². The molecule has 18 heavy (non-hydrogen) atoms. The van der Waals surface area contributed by atoms with Crippen molar-refractivity contribution >= 4 is 7.82 Å². The molecule has 0 N–H and O–H groups in total. The van der Waals surface area contributed by atoms with Crippen LogP contribution in [-0.2, 0) is 13.6 Å². The fourth-order valence-corrected chi connectivity index (χ4v) is 2.69. The fraction of sp³-hybridized carbons (Fsp3) is 0.500. The van der Waals surface area contributed by atoms with Gasteiger partial charge in [-0.1, -0.05) is 6.07 Å². The van der Waals surface area contributed by atoms with Gasteiger partial charge >= 0.3 is 7.82 Å². The van der Waals surface area contributed by atoms with Crippen LogP contribution in [0.5, 0.6) is 11.5 Å². The summed E-state index contributed by atoms with van der Waals surface area (Å²) in [4.78, 5) is 0. The number of hydrogen-bond acceptors (Lipinski definition) is 5. The minimum absolute atomic E-state index is 0.250. The summed E-state index contributed by atoms with van der Waals surface area (Å²) < 4.78 is 32.9. The molecule has 0 atom stereocenters. The Morgan fingerprint density at radius 3 is 2.17 bits per heavy atom. The molecule has 0 aliphatic heterocycles. The molecule has 0 spiro atoms. The monoisotopic (exact) mass is 274 g/mol. The van der Waals surface area contributed by atoms with E-state index in [4.69, 9.17) is 18.3 Å². The maximum Gasteiger partial charge on any atom is 0.530 e. The molecule has 0 fully saturated rings. The molecule has 0 aromatic heterocycles. The summed E-state index contributed by atoms with van der Waals surface area (Å²) >= 11 is 0. The Hall–Kier alpha value is -1.03. The molecule has 1 rings (SSSR count). The zero-order valence-corrected chi connectivity index (χ0v) is 12.0. The highest BCUT2D eigenvalue weighted by Crippen LogP contribution is 2.50. The minimum atomic E-state index is -3.55. The Labute approximate surface area is 108 Å². The van der Waals surface area contributed by atoms with Crippen molar-refractivity contribution in [3.8, 4) is 11.5 Å². The second kappa shape index (κ2) is 6.78. The Bertz CT molecular complexity index is 422. The number of ether oxygens (including phenoxy) is 1. The van der Waals surface area contributed by atoms with E-state index >= 15 is 0 Å². The van der Waals surface area contributed by atoms with Gasteiger partial charge in [0, 0.05) is 5.56 Å². The molecule has 0 unspecified atom stereocenters. The van der Waals surface area contributed by atoms with Gasteiger partial charge in [-0.2, -0.15) is 0 Å². The maximum absolute atomic E-state index is 12.2. The maximum atomic E-state index is 12.2. The first kappa shape index (κ1) is 15.0. The highest BCUT2D eigenvalue weighted by atomic mass is 31.2. The largest absolute Gasteiger partial charge is 0.530 e. The summed E-state index contributed by atoms with van der Waals surface area (Å²) in [5.74, 6) is 1.09. The molecule has 0 aliphatic carbocycles. The molecule has 6 heteroatoms. The van der Waals surface area contributed by atoms with Crippen molar-refractivity contribution in [3.63, 3.8) is 0 Å². The SMILES string of the molecule is CCOP(=O)(OCC)Oc1cccc(OC)c1C. The predicted molar refractivity (Wildman–Crippen MR) is 69.2 cm³/mol. The van der Waals surface area contributed by atoms with E-state index in [1.807, 2.05) is 6.92 Å². The van der Waals surface area contributed by atoms with Crippen LogP contribution in [0.3, 0.4) is 0 Å². The zero-order chi connectivity index (χ0) is 13.6. The van der Waals surface area contributed by atoms with Crippen LogP contribution < -0.4 is 9.26 Å². The average molecular weight is 274 g/mol. The van der Waals surface area contributed by atoms with E-state index in [1.54, 1.807) is 39.2 Å². The first-order valence-corrected chi connectivity index (χ1v) is 7.24. The molecule has 0 radical (unpaired) electrons. The molecule has 0 aliphatic rings. The van der Waals surface area contributed by atoms with Crippen LogP contribution >= 0.6 is 7.82 Å². The van der Waals surface area contributed by atoms with Gasteiger partial charge in [-0.25, -0.2) is 4.57 Å². The number of rotatable bonds is 7. The molecule has 0 amide bonds. The fourth-order valence-electron chi connectivity index (χ4n) is 1.44. The molecular weight excluding hydrogens is 255 g/mol. The third-order valence-corrected chi connectivity index (χ3v) is 3.81. The number of benzene rings is 1. The molecule has 1 aromatic rings. The van der Waals surface area contributed by atoms with Crippen LogP contribution in [0.1, 0.15) is 19.4 Å². The second-order valence-corrected chi connectivity index (χ2v) is 5.05. The van der Waals surface area contributed by atoms with E-state index in [0.717, 1.165) is 5.56 Å². The summed E-state index contributed by atoms with van der Waals surface area (Å²) in [5.41, 5.74) is 0.750. The molecule has 102 valence electrons. The van der Waals surface area contributed by atoms with Crippen molar-refractivity contribution in [1.29, 1.82) is 0 Å². The summed E-state index contributed by atoms with van der Waals surface area (Å²) in [5, 5.41) is 0. The summed E-state index contributed by atoms with van der Waals surface area (Å²) in [6.07, 6.45) is 0. The summed E-state index contributed by atoms with van der Waals surface area (Å²) in [6.45, 7) is 5.78. The van der Waals surface area contributed by atoms with E-state index in [1.165, 1.54) is 0 Å². The van der Waals surface area contributed by atoms with Gasteiger partial charge in [-0.05, 0) is 32.9 Å². The van der Waals surface area contributed by atoms with Crippen LogP contribution in [0.2, 0.25) is 0 Å². The molecule has 0 saturated heterocycles. The van der Waals surface area contributed by atoms with E-state index in [0.29, 0.717) is 11.5 Å². The van der Waals surface area contributed by atoms with Gasteiger partial charge in [0.1, 0.15) is 11.5 Å². The number of methoxy groups -OCH3 is 1. The van der Waals surface area contributed by atoms with E-state index in [9.17, 15) is 4.57 Å². The van der Waals surface area contributed by atoms with Gasteiger partial charge in [0.25, 0.3) is 0 Å². The highest BCUT2D eigenvalue weighted by Gasteiger charge is 2.28. The van der Waals surface area contributed by atoms with Crippen LogP contribution in [-0.4, -0.2) is 20.3 Å². The van der Waals surface area contributed by atoms with Crippen molar-refractivity contribution in [2.24, 2.45) is 0 Å². The summed E-state index contributed by atoms with van der Waals surface area (Å²) in [7, 11) is -1.99. The molecule has 0 heterocycles. The molecule has 5 nitrogen and oxygen atoms in total. The van der Waals surface area contributed by atoms with Crippen molar-refractivity contribution < 1.29 is 22.9 Å². The highest BCUT2D eigenvalue weighted by molar-refractivity contribution is 7.48. The quantitative estimate of drug-likeness (QED) is 0.711. The Morgan fingerprint density at radius 2 is 1.67 bits per heavy atom. The lowest BCUT2D eigenvalue weighted by Gasteiger charge is -2.18. The first-order chi connectivity index (χ1) is 8.56.